The van der Waals surface area contributed by atoms with Crippen molar-refractivity contribution in [3.8, 4) is 0 Å². The van der Waals surface area contributed by atoms with Crippen LogP contribution in [0.25, 0.3) is 0 Å². The van der Waals surface area contributed by atoms with Gasteiger partial charge in [0.1, 0.15) is 0 Å². The number of benzene rings is 1. The van der Waals surface area contributed by atoms with Gasteiger partial charge in [-0.25, -0.2) is 0 Å². The smallest absolute Gasteiger partial charge is 0.251 e. The number of piperidine rings is 1. The molecule has 0 aromatic heterocycles. The standard InChI is InChI=1S/C18H28N2O2/c1-15-5-3-11-20(13-15)14-16-6-8-17(9-7-16)18(21)19-10-4-12-22-2/h6-9,15H,3-5,10-14H2,1-2H3,(H,19,21)/t15-/m0/s1. The molecule has 1 aromatic rings. The SMILES string of the molecule is COCCCNC(=O)c1ccc(CN2CCC[C@H](C)C2)cc1. The van der Waals surface area contributed by atoms with Gasteiger partial charge in [0.25, 0.3) is 5.91 Å². The number of ether oxygens (including phenoxy) is 1. The summed E-state index contributed by atoms with van der Waals surface area (Å²) in [5, 5.41) is 2.91. The van der Waals surface area contributed by atoms with E-state index in [1.807, 2.05) is 12.1 Å². The maximum Gasteiger partial charge on any atom is 0.251 e. The zero-order chi connectivity index (χ0) is 15.8. The highest BCUT2D eigenvalue weighted by Crippen LogP contribution is 2.18. The van der Waals surface area contributed by atoms with E-state index in [1.54, 1.807) is 7.11 Å². The first-order chi connectivity index (χ1) is 10.7. The number of carbonyl (C=O) groups excluding carboxylic acids is 1. The molecule has 1 amide bonds. The van der Waals surface area contributed by atoms with Crippen molar-refractivity contribution in [3.63, 3.8) is 0 Å². The summed E-state index contributed by atoms with van der Waals surface area (Å²) in [5.74, 6) is 0.792. The molecule has 1 aromatic carbocycles. The Morgan fingerprint density at radius 1 is 1.36 bits per heavy atom. The number of hydrogen-bond acceptors (Lipinski definition) is 3. The monoisotopic (exact) mass is 304 g/mol. The summed E-state index contributed by atoms with van der Waals surface area (Å²) in [7, 11) is 1.67. The van der Waals surface area contributed by atoms with Crippen molar-refractivity contribution in [1.82, 2.24) is 10.2 Å². The Labute approximate surface area is 133 Å². The molecular weight excluding hydrogens is 276 g/mol. The second-order valence-corrected chi connectivity index (χ2v) is 6.28. The maximum atomic E-state index is 12.0. The molecule has 1 heterocycles. The van der Waals surface area contributed by atoms with Crippen molar-refractivity contribution >= 4 is 5.91 Å². The second kappa shape index (κ2) is 8.91. The molecule has 0 saturated carbocycles. The number of methoxy groups -OCH3 is 1. The average molecular weight is 304 g/mol. The van der Waals surface area contributed by atoms with Gasteiger partial charge >= 0.3 is 0 Å². The van der Waals surface area contributed by atoms with Crippen LogP contribution in [-0.2, 0) is 11.3 Å². The van der Waals surface area contributed by atoms with Gasteiger partial charge in [0.15, 0.2) is 0 Å². The Balaban J connectivity index is 1.80. The van der Waals surface area contributed by atoms with Crippen LogP contribution in [0.3, 0.4) is 0 Å². The summed E-state index contributed by atoms with van der Waals surface area (Å²) in [6, 6.07) is 8.00. The van der Waals surface area contributed by atoms with Crippen molar-refractivity contribution in [2.45, 2.75) is 32.7 Å². The van der Waals surface area contributed by atoms with Crippen LogP contribution in [0.2, 0.25) is 0 Å². The minimum absolute atomic E-state index is 0.00533. The zero-order valence-corrected chi connectivity index (χ0v) is 13.8. The molecule has 122 valence electrons. The van der Waals surface area contributed by atoms with Gasteiger partial charge in [-0.05, 0) is 49.4 Å². The van der Waals surface area contributed by atoms with E-state index in [-0.39, 0.29) is 5.91 Å². The predicted octanol–water partition coefficient (Wildman–Crippen LogP) is 2.68. The lowest BCUT2D eigenvalue weighted by atomic mass is 9.99. The number of rotatable bonds is 7. The summed E-state index contributed by atoms with van der Waals surface area (Å²) in [4.78, 5) is 14.5. The van der Waals surface area contributed by atoms with Crippen LogP contribution < -0.4 is 5.32 Å². The molecule has 0 aliphatic carbocycles. The number of carbonyl (C=O) groups is 1. The fourth-order valence-corrected chi connectivity index (χ4v) is 2.97. The summed E-state index contributed by atoms with van der Waals surface area (Å²) in [6.45, 7) is 7.00. The van der Waals surface area contributed by atoms with Crippen LogP contribution in [0.15, 0.2) is 24.3 Å². The Morgan fingerprint density at radius 3 is 2.82 bits per heavy atom. The van der Waals surface area contributed by atoms with E-state index in [0.717, 1.165) is 24.4 Å². The Hall–Kier alpha value is -1.39. The first kappa shape index (κ1) is 17.0. The van der Waals surface area contributed by atoms with Crippen molar-refractivity contribution < 1.29 is 9.53 Å². The summed E-state index contributed by atoms with van der Waals surface area (Å²) in [6.07, 6.45) is 3.48. The molecule has 1 N–H and O–H groups in total. The molecule has 0 radical (unpaired) electrons. The number of hydrogen-bond donors (Lipinski definition) is 1. The van der Waals surface area contributed by atoms with E-state index < -0.39 is 0 Å². The van der Waals surface area contributed by atoms with Crippen LogP contribution in [0, 0.1) is 5.92 Å². The van der Waals surface area contributed by atoms with Crippen molar-refractivity contribution in [1.29, 1.82) is 0 Å². The molecule has 4 nitrogen and oxygen atoms in total. The maximum absolute atomic E-state index is 12.0. The van der Waals surface area contributed by atoms with Gasteiger partial charge in [0.05, 0.1) is 0 Å². The molecule has 1 atom stereocenters. The molecule has 0 spiro atoms. The molecular formula is C18H28N2O2. The third kappa shape index (κ3) is 5.43. The van der Waals surface area contributed by atoms with E-state index in [2.05, 4.69) is 29.3 Å². The van der Waals surface area contributed by atoms with Gasteiger partial charge in [0, 0.05) is 38.9 Å². The number of nitrogens with zero attached hydrogens (tertiary/aromatic N) is 1. The first-order valence-corrected chi connectivity index (χ1v) is 8.27. The van der Waals surface area contributed by atoms with Crippen LogP contribution >= 0.6 is 0 Å². The van der Waals surface area contributed by atoms with Gasteiger partial charge in [-0.1, -0.05) is 19.1 Å². The average Bonchev–Trinajstić information content (AvgIpc) is 2.52. The second-order valence-electron chi connectivity index (χ2n) is 6.28. The summed E-state index contributed by atoms with van der Waals surface area (Å²) < 4.78 is 4.97. The highest BCUT2D eigenvalue weighted by molar-refractivity contribution is 5.94. The summed E-state index contributed by atoms with van der Waals surface area (Å²) >= 11 is 0. The third-order valence-corrected chi connectivity index (χ3v) is 4.17. The van der Waals surface area contributed by atoms with E-state index in [9.17, 15) is 4.79 Å². The molecule has 1 fully saturated rings. The van der Waals surface area contributed by atoms with Gasteiger partial charge in [-0.2, -0.15) is 0 Å². The molecule has 22 heavy (non-hydrogen) atoms. The number of likely N-dealkylation sites (tertiary alicyclic amines) is 1. The fourth-order valence-electron chi connectivity index (χ4n) is 2.97. The van der Waals surface area contributed by atoms with Gasteiger partial charge in [-0.3, -0.25) is 9.69 Å². The Kier molecular flexibility index (Phi) is 6.87. The van der Waals surface area contributed by atoms with Gasteiger partial charge in [-0.15, -0.1) is 0 Å². The van der Waals surface area contributed by atoms with Crippen LogP contribution in [0.1, 0.15) is 42.1 Å². The molecule has 1 aliphatic heterocycles. The topological polar surface area (TPSA) is 41.6 Å². The molecule has 1 aliphatic rings. The molecule has 4 heteroatoms. The minimum Gasteiger partial charge on any atom is -0.385 e. The molecule has 0 bridgehead atoms. The number of nitrogens with one attached hydrogen (secondary N) is 1. The lowest BCUT2D eigenvalue weighted by Gasteiger charge is -2.30. The van der Waals surface area contributed by atoms with E-state index in [4.69, 9.17) is 4.74 Å². The Bertz CT molecular complexity index is 459. The molecule has 0 unspecified atom stereocenters. The van der Waals surface area contributed by atoms with Crippen LogP contribution in [0.5, 0.6) is 0 Å². The largest absolute Gasteiger partial charge is 0.385 e. The van der Waals surface area contributed by atoms with E-state index in [0.29, 0.717) is 13.2 Å². The lowest BCUT2D eigenvalue weighted by molar-refractivity contribution is 0.0948. The zero-order valence-electron chi connectivity index (χ0n) is 13.8. The highest BCUT2D eigenvalue weighted by atomic mass is 16.5. The van der Waals surface area contributed by atoms with Crippen LogP contribution in [-0.4, -0.2) is 44.2 Å². The van der Waals surface area contributed by atoms with Crippen molar-refractivity contribution in [3.05, 3.63) is 35.4 Å². The molecule has 2 rings (SSSR count). The van der Waals surface area contributed by atoms with Gasteiger partial charge < -0.3 is 10.1 Å². The highest BCUT2D eigenvalue weighted by Gasteiger charge is 2.16. The van der Waals surface area contributed by atoms with Crippen molar-refractivity contribution in [2.75, 3.05) is 33.4 Å². The first-order valence-electron chi connectivity index (χ1n) is 8.27. The lowest BCUT2D eigenvalue weighted by Crippen LogP contribution is -2.33. The molecule has 1 saturated heterocycles. The quantitative estimate of drug-likeness (QED) is 0.788. The fraction of sp³-hybridized carbons (Fsp3) is 0.611. The predicted molar refractivity (Wildman–Crippen MR) is 88.9 cm³/mol. The van der Waals surface area contributed by atoms with Gasteiger partial charge in [0.2, 0.25) is 0 Å². The van der Waals surface area contributed by atoms with Crippen LogP contribution in [0.4, 0.5) is 0 Å². The number of amides is 1. The van der Waals surface area contributed by atoms with E-state index >= 15 is 0 Å². The Morgan fingerprint density at radius 2 is 2.14 bits per heavy atom. The summed E-state index contributed by atoms with van der Waals surface area (Å²) in [5.41, 5.74) is 2.01. The minimum atomic E-state index is -0.00533. The third-order valence-electron chi connectivity index (χ3n) is 4.17. The van der Waals surface area contributed by atoms with Crippen molar-refractivity contribution in [2.24, 2.45) is 5.92 Å². The normalized spacial score (nSPS) is 19.1. The van der Waals surface area contributed by atoms with E-state index in [1.165, 1.54) is 31.5 Å².